The quantitative estimate of drug-likeness (QED) is 0.839. The van der Waals surface area contributed by atoms with Gasteiger partial charge in [0.15, 0.2) is 5.13 Å². The van der Waals surface area contributed by atoms with Crippen LogP contribution in [0.1, 0.15) is 29.3 Å². The van der Waals surface area contributed by atoms with Crippen LogP contribution < -0.4 is 5.32 Å². The lowest BCUT2D eigenvalue weighted by atomic mass is 10.1. The fourth-order valence-corrected chi connectivity index (χ4v) is 3.82. The highest BCUT2D eigenvalue weighted by atomic mass is 32.1. The number of rotatable bonds is 5. The van der Waals surface area contributed by atoms with Gasteiger partial charge in [-0.15, -0.1) is 11.3 Å². The number of alkyl halides is 3. The minimum Gasteiger partial charge on any atom is -0.342 e. The molecular weight excluding hydrogens is 379 g/mol. The van der Waals surface area contributed by atoms with Crippen molar-refractivity contribution in [3.05, 3.63) is 46.5 Å². The summed E-state index contributed by atoms with van der Waals surface area (Å²) in [6.45, 7) is 2.82. The van der Waals surface area contributed by atoms with Crippen molar-refractivity contribution in [3.8, 4) is 0 Å². The third kappa shape index (κ3) is 4.65. The molecule has 0 bridgehead atoms. The van der Waals surface area contributed by atoms with Gasteiger partial charge in [0.05, 0.1) is 11.5 Å². The molecule has 1 saturated heterocycles. The number of nitrogens with one attached hydrogen (secondary N) is 1. The maximum absolute atomic E-state index is 12.8. The zero-order valence-electron chi connectivity index (χ0n) is 14.5. The summed E-state index contributed by atoms with van der Waals surface area (Å²) >= 11 is 1.21. The Morgan fingerprint density at radius 2 is 2.19 bits per heavy atom. The molecule has 1 fully saturated rings. The molecule has 2 amide bonds. The van der Waals surface area contributed by atoms with Gasteiger partial charge in [0.1, 0.15) is 0 Å². The van der Waals surface area contributed by atoms with Crippen molar-refractivity contribution in [2.75, 3.05) is 18.4 Å². The van der Waals surface area contributed by atoms with E-state index in [4.69, 9.17) is 0 Å². The Hall–Kier alpha value is -2.42. The molecule has 27 heavy (non-hydrogen) atoms. The number of carbonyl (C=O) groups is 2. The summed E-state index contributed by atoms with van der Waals surface area (Å²) in [4.78, 5) is 30.5. The van der Waals surface area contributed by atoms with Gasteiger partial charge in [0.25, 0.3) is 0 Å². The van der Waals surface area contributed by atoms with Crippen LogP contribution in [0.3, 0.4) is 0 Å². The van der Waals surface area contributed by atoms with Crippen LogP contribution in [0.5, 0.6) is 0 Å². The first-order chi connectivity index (χ1) is 12.8. The highest BCUT2D eigenvalue weighted by Crippen LogP contribution is 2.30. The van der Waals surface area contributed by atoms with Crippen LogP contribution in [-0.4, -0.2) is 34.8 Å². The van der Waals surface area contributed by atoms with Crippen molar-refractivity contribution in [1.29, 1.82) is 0 Å². The zero-order valence-corrected chi connectivity index (χ0v) is 15.4. The summed E-state index contributed by atoms with van der Waals surface area (Å²) in [6.07, 6.45) is -2.36. The van der Waals surface area contributed by atoms with E-state index in [0.717, 1.165) is 17.0 Å². The number of hydrogen-bond acceptors (Lipinski definition) is 4. The van der Waals surface area contributed by atoms with Gasteiger partial charge in [-0.2, -0.15) is 13.2 Å². The van der Waals surface area contributed by atoms with Crippen LogP contribution in [0.15, 0.2) is 30.5 Å². The van der Waals surface area contributed by atoms with Crippen molar-refractivity contribution in [2.24, 2.45) is 5.92 Å². The van der Waals surface area contributed by atoms with E-state index in [-0.39, 0.29) is 18.2 Å². The van der Waals surface area contributed by atoms with Crippen LogP contribution in [0.4, 0.5) is 18.3 Å². The number of aromatic nitrogens is 1. The van der Waals surface area contributed by atoms with Gasteiger partial charge in [-0.25, -0.2) is 4.98 Å². The topological polar surface area (TPSA) is 62.3 Å². The molecule has 1 aliphatic heterocycles. The molecule has 2 aromatic rings. The van der Waals surface area contributed by atoms with Gasteiger partial charge in [-0.1, -0.05) is 18.2 Å². The average Bonchev–Trinajstić information content (AvgIpc) is 3.20. The number of likely N-dealkylation sites (tertiary alicyclic amines) is 1. The highest BCUT2D eigenvalue weighted by Gasteiger charge is 2.33. The summed E-state index contributed by atoms with van der Waals surface area (Å²) in [6, 6.07) is 5.14. The number of halogens is 3. The van der Waals surface area contributed by atoms with Crippen molar-refractivity contribution in [3.63, 3.8) is 0 Å². The molecule has 1 aromatic carbocycles. The lowest BCUT2D eigenvalue weighted by Gasteiger charge is -2.12. The smallest absolute Gasteiger partial charge is 0.342 e. The molecular formula is C18H18F3N3O2S. The molecule has 1 atom stereocenters. The monoisotopic (exact) mass is 397 g/mol. The summed E-state index contributed by atoms with van der Waals surface area (Å²) in [5.74, 6) is -0.713. The molecule has 0 radical (unpaired) electrons. The number of anilines is 1. The second-order valence-electron chi connectivity index (χ2n) is 6.33. The van der Waals surface area contributed by atoms with E-state index in [1.807, 2.05) is 6.92 Å². The van der Waals surface area contributed by atoms with E-state index in [0.29, 0.717) is 30.2 Å². The molecule has 1 aliphatic rings. The maximum atomic E-state index is 12.8. The number of thiazole rings is 1. The number of hydrogen-bond donors (Lipinski definition) is 1. The Kier molecular flexibility index (Phi) is 5.50. The third-order valence-corrected chi connectivity index (χ3v) is 5.30. The molecule has 3 rings (SSSR count). The molecule has 0 unspecified atom stereocenters. The summed E-state index contributed by atoms with van der Waals surface area (Å²) in [5.41, 5.74) is -0.171. The molecule has 144 valence electrons. The summed E-state index contributed by atoms with van der Waals surface area (Å²) < 4.78 is 38.4. The lowest BCUT2D eigenvalue weighted by Crippen LogP contribution is -2.28. The zero-order chi connectivity index (χ0) is 19.6. The summed E-state index contributed by atoms with van der Waals surface area (Å²) in [7, 11) is 0. The number of carbonyl (C=O) groups excluding carboxylic acids is 2. The predicted molar refractivity (Wildman–Crippen MR) is 95.4 cm³/mol. The van der Waals surface area contributed by atoms with E-state index in [1.54, 1.807) is 17.2 Å². The number of amides is 2. The van der Waals surface area contributed by atoms with Crippen molar-refractivity contribution in [1.82, 2.24) is 9.88 Å². The fourth-order valence-electron chi connectivity index (χ4n) is 2.97. The van der Waals surface area contributed by atoms with Crippen molar-refractivity contribution in [2.45, 2.75) is 25.9 Å². The Morgan fingerprint density at radius 1 is 1.41 bits per heavy atom. The van der Waals surface area contributed by atoms with E-state index >= 15 is 0 Å². The van der Waals surface area contributed by atoms with Gasteiger partial charge in [0.2, 0.25) is 11.8 Å². The summed E-state index contributed by atoms with van der Waals surface area (Å²) in [5, 5.41) is 3.08. The molecule has 1 N–H and O–H groups in total. The van der Waals surface area contributed by atoms with Gasteiger partial charge >= 0.3 is 6.18 Å². The Labute approximate surface area is 158 Å². The van der Waals surface area contributed by atoms with Crippen molar-refractivity contribution >= 4 is 28.3 Å². The van der Waals surface area contributed by atoms with Gasteiger partial charge < -0.3 is 10.2 Å². The van der Waals surface area contributed by atoms with Crippen LogP contribution in [0.2, 0.25) is 0 Å². The Morgan fingerprint density at radius 3 is 2.85 bits per heavy atom. The number of nitrogens with zero attached hydrogens (tertiary/aromatic N) is 2. The largest absolute Gasteiger partial charge is 0.416 e. The maximum Gasteiger partial charge on any atom is 0.416 e. The highest BCUT2D eigenvalue weighted by molar-refractivity contribution is 7.15. The first-order valence-electron chi connectivity index (χ1n) is 8.45. The normalized spacial score (nSPS) is 17.4. The van der Waals surface area contributed by atoms with Crippen LogP contribution >= 0.6 is 11.3 Å². The molecule has 2 heterocycles. The lowest BCUT2D eigenvalue weighted by molar-refractivity contribution is -0.137. The minimum absolute atomic E-state index is 0.0398. The third-order valence-electron chi connectivity index (χ3n) is 4.38. The first-order valence-corrected chi connectivity index (χ1v) is 9.27. The molecule has 5 nitrogen and oxygen atoms in total. The second-order valence-corrected chi connectivity index (χ2v) is 7.44. The van der Waals surface area contributed by atoms with E-state index in [9.17, 15) is 22.8 Å². The molecule has 1 aromatic heterocycles. The standard InChI is InChI=1S/C18H18F3N3O2S/c1-2-24-10-12(8-15(24)25)16(26)23-17-22-9-14(27-17)7-11-4-3-5-13(6-11)18(19,20)21/h3-6,9,12H,2,7-8,10H2,1H3,(H,22,23,26)/t12-/m1/s1. The van der Waals surface area contributed by atoms with E-state index < -0.39 is 17.7 Å². The van der Waals surface area contributed by atoms with Gasteiger partial charge in [0, 0.05) is 37.0 Å². The van der Waals surface area contributed by atoms with E-state index in [1.165, 1.54) is 17.4 Å². The average molecular weight is 397 g/mol. The van der Waals surface area contributed by atoms with Crippen LogP contribution in [-0.2, 0) is 22.2 Å². The second kappa shape index (κ2) is 7.67. The van der Waals surface area contributed by atoms with Gasteiger partial charge in [-0.05, 0) is 18.6 Å². The van der Waals surface area contributed by atoms with Gasteiger partial charge in [-0.3, -0.25) is 9.59 Å². The van der Waals surface area contributed by atoms with Crippen LogP contribution in [0.25, 0.3) is 0 Å². The van der Waals surface area contributed by atoms with E-state index in [2.05, 4.69) is 10.3 Å². The molecule has 0 spiro atoms. The number of benzene rings is 1. The Balaban J connectivity index is 1.62. The fraction of sp³-hybridized carbons (Fsp3) is 0.389. The SMILES string of the molecule is CCN1C[C@H](C(=O)Nc2ncc(Cc3cccc(C(F)(F)F)c3)s2)CC1=O. The molecule has 9 heteroatoms. The Bertz CT molecular complexity index is 850. The molecule has 0 aliphatic carbocycles. The first kappa shape index (κ1) is 19.3. The predicted octanol–water partition coefficient (Wildman–Crippen LogP) is 3.56. The van der Waals surface area contributed by atoms with Crippen LogP contribution in [0, 0.1) is 5.92 Å². The minimum atomic E-state index is -4.38. The van der Waals surface area contributed by atoms with Crippen molar-refractivity contribution < 1.29 is 22.8 Å². The molecule has 0 saturated carbocycles.